The summed E-state index contributed by atoms with van der Waals surface area (Å²) >= 11 is 3.41. The molecule has 1 heterocycles. The fourth-order valence-electron chi connectivity index (χ4n) is 2.25. The Kier molecular flexibility index (Phi) is 5.40. The molecule has 0 aliphatic heterocycles. The molecule has 0 radical (unpaired) electrons. The second-order valence-corrected chi connectivity index (χ2v) is 6.23. The van der Waals surface area contributed by atoms with Crippen LogP contribution in [0.4, 0.5) is 17.3 Å². The van der Waals surface area contributed by atoms with Crippen LogP contribution in [-0.2, 0) is 6.42 Å². The summed E-state index contributed by atoms with van der Waals surface area (Å²) in [6.45, 7) is 2.11. The highest BCUT2D eigenvalue weighted by atomic mass is 79.9. The summed E-state index contributed by atoms with van der Waals surface area (Å²) in [6.07, 6.45) is 2.55. The van der Waals surface area contributed by atoms with Crippen molar-refractivity contribution in [3.05, 3.63) is 76.5 Å². The van der Waals surface area contributed by atoms with Crippen LogP contribution >= 0.6 is 15.9 Å². The van der Waals surface area contributed by atoms with Gasteiger partial charge in [-0.1, -0.05) is 31.2 Å². The number of anilines is 3. The Balaban J connectivity index is 1.74. The molecule has 2 aromatic carbocycles. The predicted octanol–water partition coefficient (Wildman–Crippen LogP) is 4.80. The molecular weight excluding hydrogens is 380 g/mol. The lowest BCUT2D eigenvalue weighted by Gasteiger charge is -2.09. The van der Waals surface area contributed by atoms with Gasteiger partial charge in [0.2, 0.25) is 5.95 Å². The van der Waals surface area contributed by atoms with Gasteiger partial charge in [0.25, 0.3) is 5.91 Å². The Bertz CT molecular complexity index is 881. The molecule has 126 valence electrons. The largest absolute Gasteiger partial charge is 0.324 e. The van der Waals surface area contributed by atoms with E-state index >= 15 is 0 Å². The van der Waals surface area contributed by atoms with Crippen molar-refractivity contribution >= 4 is 39.2 Å². The maximum atomic E-state index is 12.4. The van der Waals surface area contributed by atoms with E-state index in [-0.39, 0.29) is 5.91 Å². The minimum absolute atomic E-state index is 0.290. The van der Waals surface area contributed by atoms with Crippen LogP contribution in [0.5, 0.6) is 0 Å². The van der Waals surface area contributed by atoms with Gasteiger partial charge in [0, 0.05) is 16.4 Å². The Morgan fingerprint density at radius 3 is 2.56 bits per heavy atom. The Hall–Kier alpha value is -2.73. The Labute approximate surface area is 154 Å². The number of benzene rings is 2. The lowest BCUT2D eigenvalue weighted by atomic mass is 10.1. The van der Waals surface area contributed by atoms with Crippen molar-refractivity contribution in [2.75, 3.05) is 10.6 Å². The first kappa shape index (κ1) is 17.1. The van der Waals surface area contributed by atoms with Crippen LogP contribution < -0.4 is 10.6 Å². The molecule has 2 N–H and O–H groups in total. The van der Waals surface area contributed by atoms with Crippen LogP contribution in [0, 0.1) is 0 Å². The lowest BCUT2D eigenvalue weighted by Crippen LogP contribution is -2.15. The minimum Gasteiger partial charge on any atom is -0.324 e. The van der Waals surface area contributed by atoms with Crippen LogP contribution in [-0.4, -0.2) is 15.9 Å². The lowest BCUT2D eigenvalue weighted by molar-refractivity contribution is 0.102. The highest BCUT2D eigenvalue weighted by Crippen LogP contribution is 2.22. The number of carbonyl (C=O) groups excluding carboxylic acids is 1. The fraction of sp³-hybridized carbons (Fsp3) is 0.105. The van der Waals surface area contributed by atoms with Gasteiger partial charge in [0.1, 0.15) is 5.69 Å². The van der Waals surface area contributed by atoms with E-state index < -0.39 is 0 Å². The van der Waals surface area contributed by atoms with Crippen molar-refractivity contribution in [1.82, 2.24) is 9.97 Å². The van der Waals surface area contributed by atoms with Gasteiger partial charge in [-0.2, -0.15) is 0 Å². The number of aromatic nitrogens is 2. The van der Waals surface area contributed by atoms with Crippen molar-refractivity contribution in [2.24, 2.45) is 0 Å². The molecule has 0 unspecified atom stereocenters. The topological polar surface area (TPSA) is 66.9 Å². The third kappa shape index (κ3) is 4.42. The standard InChI is InChI=1S/C19H17BrN4O/c1-2-13-7-9-14(10-8-13)22-19-21-12-11-17(24-19)18(25)23-16-6-4-3-5-15(16)20/h3-12H,2H2,1H3,(H,23,25)(H,21,22,24). The van der Waals surface area contributed by atoms with Gasteiger partial charge in [0.15, 0.2) is 0 Å². The van der Waals surface area contributed by atoms with Crippen LogP contribution in [0.1, 0.15) is 23.0 Å². The van der Waals surface area contributed by atoms with Crippen molar-refractivity contribution < 1.29 is 4.79 Å². The van der Waals surface area contributed by atoms with Gasteiger partial charge in [0.05, 0.1) is 5.69 Å². The van der Waals surface area contributed by atoms with Crippen LogP contribution in [0.3, 0.4) is 0 Å². The maximum Gasteiger partial charge on any atom is 0.274 e. The van der Waals surface area contributed by atoms with E-state index in [2.05, 4.69) is 43.5 Å². The van der Waals surface area contributed by atoms with Gasteiger partial charge in [-0.3, -0.25) is 4.79 Å². The molecule has 1 amide bonds. The van der Waals surface area contributed by atoms with Crippen LogP contribution in [0.15, 0.2) is 65.3 Å². The zero-order valence-corrected chi connectivity index (χ0v) is 15.2. The molecule has 0 saturated carbocycles. The summed E-state index contributed by atoms with van der Waals surface area (Å²) in [4.78, 5) is 20.9. The van der Waals surface area contributed by atoms with Gasteiger partial charge in [-0.15, -0.1) is 0 Å². The number of halogens is 1. The fourth-order valence-corrected chi connectivity index (χ4v) is 2.63. The molecule has 6 heteroatoms. The molecule has 0 bridgehead atoms. The van der Waals surface area contributed by atoms with E-state index in [1.807, 2.05) is 48.5 Å². The number of hydrogen-bond acceptors (Lipinski definition) is 4. The summed E-state index contributed by atoms with van der Waals surface area (Å²) in [6, 6.07) is 17.0. The number of aryl methyl sites for hydroxylation is 1. The first-order chi connectivity index (χ1) is 12.2. The molecule has 0 fully saturated rings. The molecular formula is C19H17BrN4O. The van der Waals surface area contributed by atoms with E-state index in [0.29, 0.717) is 17.3 Å². The predicted molar refractivity (Wildman–Crippen MR) is 103 cm³/mol. The molecule has 0 saturated heterocycles. The van der Waals surface area contributed by atoms with Crippen LogP contribution in [0.2, 0.25) is 0 Å². The van der Waals surface area contributed by atoms with Gasteiger partial charge in [-0.05, 0) is 58.2 Å². The third-order valence-corrected chi connectivity index (χ3v) is 4.32. The SMILES string of the molecule is CCc1ccc(Nc2nccc(C(=O)Nc3ccccc3Br)n2)cc1. The number of amides is 1. The number of nitrogens with one attached hydrogen (secondary N) is 2. The molecule has 0 aliphatic rings. The average Bonchev–Trinajstić information content (AvgIpc) is 2.64. The number of hydrogen-bond donors (Lipinski definition) is 2. The zero-order chi connectivity index (χ0) is 17.6. The van der Waals surface area contributed by atoms with E-state index in [1.54, 1.807) is 12.3 Å². The van der Waals surface area contributed by atoms with E-state index in [9.17, 15) is 4.79 Å². The highest BCUT2D eigenvalue weighted by Gasteiger charge is 2.11. The van der Waals surface area contributed by atoms with Crippen molar-refractivity contribution in [2.45, 2.75) is 13.3 Å². The number of carbonyl (C=O) groups is 1. The van der Waals surface area contributed by atoms with Crippen molar-refractivity contribution in [3.63, 3.8) is 0 Å². The molecule has 0 spiro atoms. The first-order valence-corrected chi connectivity index (χ1v) is 8.70. The summed E-state index contributed by atoms with van der Waals surface area (Å²) in [7, 11) is 0. The summed E-state index contributed by atoms with van der Waals surface area (Å²) in [5.74, 6) is 0.0858. The average molecular weight is 397 g/mol. The van der Waals surface area contributed by atoms with Gasteiger partial charge < -0.3 is 10.6 Å². The summed E-state index contributed by atoms with van der Waals surface area (Å²) < 4.78 is 0.812. The molecule has 0 aliphatic carbocycles. The minimum atomic E-state index is -0.293. The smallest absolute Gasteiger partial charge is 0.274 e. The molecule has 1 aromatic heterocycles. The maximum absolute atomic E-state index is 12.4. The second kappa shape index (κ2) is 7.90. The number of rotatable bonds is 5. The summed E-state index contributed by atoms with van der Waals surface area (Å²) in [5.41, 5.74) is 3.11. The number of nitrogens with zero attached hydrogens (tertiary/aromatic N) is 2. The molecule has 3 aromatic rings. The zero-order valence-electron chi connectivity index (χ0n) is 13.7. The highest BCUT2D eigenvalue weighted by molar-refractivity contribution is 9.10. The van der Waals surface area contributed by atoms with E-state index in [0.717, 1.165) is 16.6 Å². The second-order valence-electron chi connectivity index (χ2n) is 5.37. The quantitative estimate of drug-likeness (QED) is 0.649. The summed E-state index contributed by atoms with van der Waals surface area (Å²) in [5, 5.41) is 5.94. The monoisotopic (exact) mass is 396 g/mol. The first-order valence-electron chi connectivity index (χ1n) is 7.90. The van der Waals surface area contributed by atoms with E-state index in [1.165, 1.54) is 5.56 Å². The van der Waals surface area contributed by atoms with Crippen molar-refractivity contribution in [3.8, 4) is 0 Å². The third-order valence-electron chi connectivity index (χ3n) is 3.63. The van der Waals surface area contributed by atoms with Crippen LogP contribution in [0.25, 0.3) is 0 Å². The molecule has 5 nitrogen and oxygen atoms in total. The molecule has 3 rings (SSSR count). The Morgan fingerprint density at radius 2 is 1.84 bits per heavy atom. The Morgan fingerprint density at radius 1 is 1.08 bits per heavy atom. The molecule has 0 atom stereocenters. The van der Waals surface area contributed by atoms with Crippen molar-refractivity contribution in [1.29, 1.82) is 0 Å². The normalized spacial score (nSPS) is 10.3. The van der Waals surface area contributed by atoms with E-state index in [4.69, 9.17) is 0 Å². The van der Waals surface area contributed by atoms with Gasteiger partial charge in [-0.25, -0.2) is 9.97 Å². The number of para-hydroxylation sites is 1. The molecule has 25 heavy (non-hydrogen) atoms. The van der Waals surface area contributed by atoms with Gasteiger partial charge >= 0.3 is 0 Å².